The molecule has 2 amide bonds. The zero-order chi connectivity index (χ0) is 14.5. The minimum absolute atomic E-state index is 0.0745. The van der Waals surface area contributed by atoms with Crippen LogP contribution in [-0.4, -0.2) is 47.7 Å². The van der Waals surface area contributed by atoms with E-state index in [-0.39, 0.29) is 6.03 Å². The molecule has 0 saturated heterocycles. The van der Waals surface area contributed by atoms with E-state index in [1.165, 1.54) is 4.90 Å². The first-order valence-corrected chi connectivity index (χ1v) is 6.66. The Morgan fingerprint density at radius 2 is 2.05 bits per heavy atom. The van der Waals surface area contributed by atoms with Crippen LogP contribution in [-0.2, 0) is 13.6 Å². The maximum absolute atomic E-state index is 11.3. The van der Waals surface area contributed by atoms with E-state index in [4.69, 9.17) is 0 Å². The minimum Gasteiger partial charge on any atom is -0.337 e. The highest BCUT2D eigenvalue weighted by Crippen LogP contribution is 2.13. The number of imidazole rings is 1. The van der Waals surface area contributed by atoms with Gasteiger partial charge in [-0.1, -0.05) is 12.1 Å². The lowest BCUT2D eigenvalue weighted by Gasteiger charge is -2.12. The van der Waals surface area contributed by atoms with Gasteiger partial charge in [0.2, 0.25) is 0 Å². The smallest absolute Gasteiger partial charge is 0.316 e. The number of aromatic nitrogens is 2. The summed E-state index contributed by atoms with van der Waals surface area (Å²) >= 11 is 0. The molecule has 0 aliphatic carbocycles. The van der Waals surface area contributed by atoms with Crippen molar-refractivity contribution in [3.63, 3.8) is 0 Å². The molecule has 0 aliphatic rings. The highest BCUT2D eigenvalue weighted by molar-refractivity contribution is 5.75. The van der Waals surface area contributed by atoms with Crippen molar-refractivity contribution in [2.75, 3.05) is 27.2 Å². The molecule has 108 valence electrons. The highest BCUT2D eigenvalue weighted by Gasteiger charge is 2.06. The van der Waals surface area contributed by atoms with Gasteiger partial charge in [-0.15, -0.1) is 0 Å². The molecule has 1 aromatic heterocycles. The van der Waals surface area contributed by atoms with Crippen molar-refractivity contribution in [1.29, 1.82) is 0 Å². The Balaban J connectivity index is 1.81. The van der Waals surface area contributed by atoms with Crippen LogP contribution in [0.5, 0.6) is 0 Å². The number of hydrogen-bond acceptors (Lipinski definition) is 3. The maximum atomic E-state index is 11.3. The van der Waals surface area contributed by atoms with E-state index in [0.29, 0.717) is 19.6 Å². The molecule has 20 heavy (non-hydrogen) atoms. The highest BCUT2D eigenvalue weighted by atomic mass is 16.2. The van der Waals surface area contributed by atoms with Crippen LogP contribution in [0.25, 0.3) is 11.0 Å². The summed E-state index contributed by atoms with van der Waals surface area (Å²) in [5.41, 5.74) is 2.14. The Morgan fingerprint density at radius 1 is 1.30 bits per heavy atom. The van der Waals surface area contributed by atoms with E-state index in [0.717, 1.165) is 16.9 Å². The summed E-state index contributed by atoms with van der Waals surface area (Å²) in [7, 11) is 5.46. The van der Waals surface area contributed by atoms with Crippen LogP contribution in [0, 0.1) is 0 Å². The monoisotopic (exact) mass is 275 g/mol. The molecule has 0 fully saturated rings. The molecular formula is C14H21N5O. The average Bonchev–Trinajstić information content (AvgIpc) is 2.75. The summed E-state index contributed by atoms with van der Waals surface area (Å²) < 4.78 is 2.08. The summed E-state index contributed by atoms with van der Waals surface area (Å²) in [6, 6.07) is 8.00. The number of amides is 2. The molecule has 0 atom stereocenters. The number of aryl methyl sites for hydroxylation is 1. The van der Waals surface area contributed by atoms with Gasteiger partial charge in [-0.25, -0.2) is 9.78 Å². The third-order valence-electron chi connectivity index (χ3n) is 3.15. The molecule has 1 aromatic carbocycles. The second-order valence-electron chi connectivity index (χ2n) is 4.88. The normalized spacial score (nSPS) is 10.8. The first kappa shape index (κ1) is 14.3. The first-order valence-electron chi connectivity index (χ1n) is 6.66. The lowest BCUT2D eigenvalue weighted by atomic mass is 10.3. The zero-order valence-electron chi connectivity index (χ0n) is 12.2. The fraction of sp³-hybridized carbons (Fsp3) is 0.429. The van der Waals surface area contributed by atoms with Gasteiger partial charge < -0.3 is 20.1 Å². The number of carbonyl (C=O) groups is 1. The molecule has 0 saturated carbocycles. The quantitative estimate of drug-likeness (QED) is 0.798. The number of carbonyl (C=O) groups excluding carboxylic acids is 1. The Hall–Kier alpha value is -2.08. The maximum Gasteiger partial charge on any atom is 0.316 e. The van der Waals surface area contributed by atoms with Crippen LogP contribution in [0.15, 0.2) is 24.3 Å². The van der Waals surface area contributed by atoms with Crippen LogP contribution in [0.3, 0.4) is 0 Å². The molecule has 0 radical (unpaired) electrons. The van der Waals surface area contributed by atoms with Crippen molar-refractivity contribution in [2.45, 2.75) is 6.54 Å². The summed E-state index contributed by atoms with van der Waals surface area (Å²) in [4.78, 5) is 17.4. The molecule has 6 nitrogen and oxygen atoms in total. The van der Waals surface area contributed by atoms with Crippen molar-refractivity contribution in [3.05, 3.63) is 30.1 Å². The summed E-state index contributed by atoms with van der Waals surface area (Å²) in [5.74, 6) is 0.991. The molecule has 2 rings (SSSR count). The van der Waals surface area contributed by atoms with Gasteiger partial charge in [-0.05, 0) is 12.1 Å². The minimum atomic E-state index is -0.0745. The number of nitrogens with one attached hydrogen (secondary N) is 2. The predicted molar refractivity (Wildman–Crippen MR) is 79.5 cm³/mol. The zero-order valence-corrected chi connectivity index (χ0v) is 12.2. The number of benzene rings is 1. The van der Waals surface area contributed by atoms with E-state index < -0.39 is 0 Å². The van der Waals surface area contributed by atoms with E-state index >= 15 is 0 Å². The van der Waals surface area contributed by atoms with E-state index in [1.807, 2.05) is 25.2 Å². The van der Waals surface area contributed by atoms with Gasteiger partial charge in [0.15, 0.2) is 0 Å². The third-order valence-corrected chi connectivity index (χ3v) is 3.15. The standard InChI is InChI=1S/C14H21N5O/c1-18(2)14(20)16-9-8-15-10-13-17-11-6-4-5-7-12(11)19(13)3/h4-7,15H,8-10H2,1-3H3,(H,16,20). The van der Waals surface area contributed by atoms with Crippen molar-refractivity contribution in [2.24, 2.45) is 7.05 Å². The Labute approximate surface area is 118 Å². The van der Waals surface area contributed by atoms with Gasteiger partial charge in [0.25, 0.3) is 0 Å². The molecule has 6 heteroatoms. The van der Waals surface area contributed by atoms with Crippen LogP contribution in [0.4, 0.5) is 4.79 Å². The SMILES string of the molecule is CN(C)C(=O)NCCNCc1nc2ccccc2n1C. The number of rotatable bonds is 5. The molecule has 0 unspecified atom stereocenters. The molecule has 1 heterocycles. The third kappa shape index (κ3) is 3.27. The van der Waals surface area contributed by atoms with Crippen LogP contribution in [0.1, 0.15) is 5.82 Å². The van der Waals surface area contributed by atoms with E-state index in [2.05, 4.69) is 26.3 Å². The fourth-order valence-electron chi connectivity index (χ4n) is 1.97. The van der Waals surface area contributed by atoms with Gasteiger partial charge in [0.05, 0.1) is 17.6 Å². The number of para-hydroxylation sites is 2. The Kier molecular flexibility index (Phi) is 4.57. The second kappa shape index (κ2) is 6.38. The lowest BCUT2D eigenvalue weighted by molar-refractivity contribution is 0.217. The molecule has 0 bridgehead atoms. The summed E-state index contributed by atoms with van der Waals surface area (Å²) in [5, 5.41) is 6.09. The number of nitrogens with zero attached hydrogens (tertiary/aromatic N) is 3. The average molecular weight is 275 g/mol. The molecule has 2 aromatic rings. The molecular weight excluding hydrogens is 254 g/mol. The van der Waals surface area contributed by atoms with Crippen molar-refractivity contribution < 1.29 is 4.79 Å². The lowest BCUT2D eigenvalue weighted by Crippen LogP contribution is -2.38. The van der Waals surface area contributed by atoms with Crippen molar-refractivity contribution in [3.8, 4) is 0 Å². The predicted octanol–water partition coefficient (Wildman–Crippen LogP) is 0.934. The van der Waals surface area contributed by atoms with Crippen LogP contribution in [0.2, 0.25) is 0 Å². The van der Waals surface area contributed by atoms with Crippen molar-refractivity contribution >= 4 is 17.1 Å². The molecule has 2 N–H and O–H groups in total. The van der Waals surface area contributed by atoms with E-state index in [9.17, 15) is 4.79 Å². The Bertz CT molecular complexity index is 590. The number of fused-ring (bicyclic) bond motifs is 1. The van der Waals surface area contributed by atoms with Gasteiger partial charge in [-0.2, -0.15) is 0 Å². The number of hydrogen-bond donors (Lipinski definition) is 2. The summed E-state index contributed by atoms with van der Waals surface area (Å²) in [6.07, 6.45) is 0. The molecule has 0 aliphatic heterocycles. The molecule has 0 spiro atoms. The van der Waals surface area contributed by atoms with E-state index in [1.54, 1.807) is 14.1 Å². The van der Waals surface area contributed by atoms with Gasteiger partial charge in [0, 0.05) is 34.2 Å². The number of urea groups is 1. The van der Waals surface area contributed by atoms with Gasteiger partial charge in [-0.3, -0.25) is 0 Å². The Morgan fingerprint density at radius 3 is 2.75 bits per heavy atom. The topological polar surface area (TPSA) is 62.2 Å². The van der Waals surface area contributed by atoms with Gasteiger partial charge >= 0.3 is 6.03 Å². The summed E-state index contributed by atoms with van der Waals surface area (Å²) in [6.45, 7) is 1.99. The first-order chi connectivity index (χ1) is 9.59. The largest absolute Gasteiger partial charge is 0.337 e. The van der Waals surface area contributed by atoms with Crippen LogP contribution < -0.4 is 10.6 Å². The fourth-order valence-corrected chi connectivity index (χ4v) is 1.97. The van der Waals surface area contributed by atoms with Crippen LogP contribution >= 0.6 is 0 Å². The van der Waals surface area contributed by atoms with Crippen molar-refractivity contribution in [1.82, 2.24) is 25.1 Å². The van der Waals surface area contributed by atoms with Gasteiger partial charge in [0.1, 0.15) is 5.82 Å². The second-order valence-corrected chi connectivity index (χ2v) is 4.88.